The van der Waals surface area contributed by atoms with E-state index < -0.39 is 0 Å². The lowest BCUT2D eigenvalue weighted by Crippen LogP contribution is -2.55. The largest absolute Gasteiger partial charge is 0.383 e. The first-order valence-electron chi connectivity index (χ1n) is 16.9. The maximum absolute atomic E-state index is 6.00. The van der Waals surface area contributed by atoms with Crippen LogP contribution in [0.3, 0.4) is 0 Å². The van der Waals surface area contributed by atoms with Crippen molar-refractivity contribution in [3.63, 3.8) is 0 Å². The summed E-state index contributed by atoms with van der Waals surface area (Å²) in [6, 6.07) is 0. The molecule has 4 fully saturated rings. The molecule has 2 spiro atoms. The highest BCUT2D eigenvalue weighted by Gasteiger charge is 2.59. The molecule has 4 aliphatic heterocycles. The van der Waals surface area contributed by atoms with Gasteiger partial charge >= 0.3 is 0 Å². The van der Waals surface area contributed by atoms with Crippen LogP contribution in [0, 0.1) is 22.7 Å². The SMILES string of the molecule is COCCN1CC(C2CCN(CCOC(C)C)C[C@]23CCN(CCOC(C)C)C3)[C@]2(CCN(CCOC(C)C)C2)C1. The summed E-state index contributed by atoms with van der Waals surface area (Å²) in [6.45, 7) is 30.3. The van der Waals surface area contributed by atoms with Crippen LogP contribution in [0.2, 0.25) is 0 Å². The van der Waals surface area contributed by atoms with E-state index in [0.29, 0.717) is 29.1 Å². The normalized spacial score (nSPS) is 32.3. The zero-order chi connectivity index (χ0) is 29.5. The van der Waals surface area contributed by atoms with Gasteiger partial charge in [0.15, 0.2) is 0 Å². The van der Waals surface area contributed by atoms with Crippen LogP contribution < -0.4 is 0 Å². The molecule has 0 aromatic rings. The number of likely N-dealkylation sites (tertiary alicyclic amines) is 4. The van der Waals surface area contributed by atoms with Crippen LogP contribution in [-0.4, -0.2) is 150 Å². The quantitative estimate of drug-likeness (QED) is 0.275. The van der Waals surface area contributed by atoms with Crippen molar-refractivity contribution in [1.29, 1.82) is 0 Å². The second-order valence-electron chi connectivity index (χ2n) is 14.5. The Morgan fingerprint density at radius 3 is 1.44 bits per heavy atom. The average Bonchev–Trinajstić information content (AvgIpc) is 3.60. The third-order valence-electron chi connectivity index (χ3n) is 10.5. The third-order valence-corrected chi connectivity index (χ3v) is 10.5. The summed E-state index contributed by atoms with van der Waals surface area (Å²) < 4.78 is 23.5. The van der Waals surface area contributed by atoms with E-state index in [2.05, 4.69) is 61.1 Å². The number of rotatable bonds is 16. The molecule has 240 valence electrons. The molecule has 0 aromatic carbocycles. The summed E-state index contributed by atoms with van der Waals surface area (Å²) in [5, 5.41) is 0. The van der Waals surface area contributed by atoms with E-state index in [1.54, 1.807) is 0 Å². The summed E-state index contributed by atoms with van der Waals surface area (Å²) in [5.74, 6) is 1.51. The zero-order valence-corrected chi connectivity index (χ0v) is 27.7. The standard InChI is InChI=1S/C33H64N4O4/c1-27(2)39-19-15-34-11-8-30(32(23-34)9-12-35(24-32)16-20-40-28(3)4)31-22-37(14-18-38-7)26-33(31)10-13-36(25-33)17-21-41-29(5)6/h27-31H,8-26H2,1-7H3/t30?,31?,32-,33-/m0/s1. The van der Waals surface area contributed by atoms with Crippen molar-refractivity contribution in [2.45, 2.75) is 79.1 Å². The van der Waals surface area contributed by atoms with Crippen LogP contribution in [0.15, 0.2) is 0 Å². The van der Waals surface area contributed by atoms with Gasteiger partial charge in [-0.2, -0.15) is 0 Å². The second kappa shape index (κ2) is 15.6. The van der Waals surface area contributed by atoms with Gasteiger partial charge in [0.25, 0.3) is 0 Å². The van der Waals surface area contributed by atoms with Crippen molar-refractivity contribution in [3.8, 4) is 0 Å². The van der Waals surface area contributed by atoms with Crippen molar-refractivity contribution in [2.24, 2.45) is 22.7 Å². The van der Waals surface area contributed by atoms with Crippen LogP contribution in [0.1, 0.15) is 60.8 Å². The third kappa shape index (κ3) is 9.10. The van der Waals surface area contributed by atoms with Gasteiger partial charge in [0.05, 0.1) is 44.7 Å². The predicted octanol–water partition coefficient (Wildman–Crippen LogP) is 3.55. The smallest absolute Gasteiger partial charge is 0.0596 e. The minimum atomic E-state index is 0.303. The van der Waals surface area contributed by atoms with Crippen LogP contribution >= 0.6 is 0 Å². The van der Waals surface area contributed by atoms with Gasteiger partial charge in [0.2, 0.25) is 0 Å². The molecule has 8 heteroatoms. The molecule has 4 aliphatic rings. The molecule has 0 aromatic heterocycles. The van der Waals surface area contributed by atoms with Gasteiger partial charge in [0, 0.05) is 76.8 Å². The van der Waals surface area contributed by atoms with E-state index >= 15 is 0 Å². The topological polar surface area (TPSA) is 49.9 Å². The Kier molecular flexibility index (Phi) is 12.8. The Morgan fingerprint density at radius 1 is 0.561 bits per heavy atom. The van der Waals surface area contributed by atoms with E-state index in [9.17, 15) is 0 Å². The monoisotopic (exact) mass is 580 g/mol. The number of methoxy groups -OCH3 is 1. The van der Waals surface area contributed by atoms with E-state index in [4.69, 9.17) is 18.9 Å². The highest BCUT2D eigenvalue weighted by molar-refractivity contribution is 5.10. The van der Waals surface area contributed by atoms with E-state index in [1.165, 1.54) is 71.6 Å². The summed E-state index contributed by atoms with van der Waals surface area (Å²) in [4.78, 5) is 10.9. The second-order valence-corrected chi connectivity index (χ2v) is 14.5. The molecule has 4 saturated heterocycles. The van der Waals surface area contributed by atoms with Gasteiger partial charge in [0.1, 0.15) is 0 Å². The van der Waals surface area contributed by atoms with Gasteiger partial charge in [-0.25, -0.2) is 0 Å². The zero-order valence-electron chi connectivity index (χ0n) is 27.7. The summed E-state index contributed by atoms with van der Waals surface area (Å²) in [6.07, 6.45) is 4.88. The highest BCUT2D eigenvalue weighted by Crippen LogP contribution is 2.56. The molecule has 0 bridgehead atoms. The molecule has 0 aliphatic carbocycles. The first-order valence-corrected chi connectivity index (χ1v) is 16.9. The number of nitrogens with zero attached hydrogens (tertiary/aromatic N) is 4. The molecule has 0 radical (unpaired) electrons. The van der Waals surface area contributed by atoms with Crippen LogP contribution in [-0.2, 0) is 18.9 Å². The molecule has 0 N–H and O–H groups in total. The Labute approximate surface area is 252 Å². The van der Waals surface area contributed by atoms with Crippen molar-refractivity contribution in [3.05, 3.63) is 0 Å². The van der Waals surface area contributed by atoms with Gasteiger partial charge in [-0.05, 0) is 92.3 Å². The van der Waals surface area contributed by atoms with Crippen molar-refractivity contribution in [1.82, 2.24) is 19.6 Å². The summed E-state index contributed by atoms with van der Waals surface area (Å²) >= 11 is 0. The number of hydrogen-bond donors (Lipinski definition) is 0. The Balaban J connectivity index is 1.51. The molecule has 4 heterocycles. The molecule has 4 rings (SSSR count). The molecule has 41 heavy (non-hydrogen) atoms. The number of ether oxygens (including phenoxy) is 4. The first kappa shape index (κ1) is 33.6. The Hall–Kier alpha value is -0.320. The first-order chi connectivity index (χ1) is 19.6. The lowest BCUT2D eigenvalue weighted by atomic mass is 9.58. The van der Waals surface area contributed by atoms with Crippen LogP contribution in [0.4, 0.5) is 0 Å². The fraction of sp³-hybridized carbons (Fsp3) is 1.00. The molecule has 4 atom stereocenters. The average molecular weight is 581 g/mol. The summed E-state index contributed by atoms with van der Waals surface area (Å²) in [5.41, 5.74) is 0.747. The minimum Gasteiger partial charge on any atom is -0.383 e. The van der Waals surface area contributed by atoms with Crippen LogP contribution in [0.5, 0.6) is 0 Å². The maximum Gasteiger partial charge on any atom is 0.0596 e. The van der Waals surface area contributed by atoms with Crippen molar-refractivity contribution < 1.29 is 18.9 Å². The fourth-order valence-corrected chi connectivity index (χ4v) is 8.60. The van der Waals surface area contributed by atoms with E-state index in [-0.39, 0.29) is 0 Å². The lowest BCUT2D eigenvalue weighted by Gasteiger charge is -2.52. The molecule has 2 unspecified atom stereocenters. The Bertz CT molecular complexity index is 770. The molecular formula is C33H64N4O4. The summed E-state index contributed by atoms with van der Waals surface area (Å²) in [7, 11) is 1.85. The molecule has 0 amide bonds. The van der Waals surface area contributed by atoms with Crippen molar-refractivity contribution >= 4 is 0 Å². The number of piperidine rings is 1. The predicted molar refractivity (Wildman–Crippen MR) is 167 cm³/mol. The fourth-order valence-electron chi connectivity index (χ4n) is 8.60. The molecule has 0 saturated carbocycles. The molecular weight excluding hydrogens is 516 g/mol. The van der Waals surface area contributed by atoms with E-state index in [0.717, 1.165) is 64.4 Å². The lowest BCUT2D eigenvalue weighted by molar-refractivity contribution is -0.0368. The van der Waals surface area contributed by atoms with Gasteiger partial charge < -0.3 is 38.5 Å². The maximum atomic E-state index is 6.00. The van der Waals surface area contributed by atoms with Gasteiger partial charge in [-0.15, -0.1) is 0 Å². The molecule has 8 nitrogen and oxygen atoms in total. The Morgan fingerprint density at radius 2 is 0.976 bits per heavy atom. The highest BCUT2D eigenvalue weighted by atomic mass is 16.5. The van der Waals surface area contributed by atoms with Crippen molar-refractivity contribution in [2.75, 3.05) is 112 Å². The number of hydrogen-bond acceptors (Lipinski definition) is 8. The minimum absolute atomic E-state index is 0.303. The van der Waals surface area contributed by atoms with Gasteiger partial charge in [-0.3, -0.25) is 0 Å². The van der Waals surface area contributed by atoms with E-state index in [1.807, 2.05) is 7.11 Å². The van der Waals surface area contributed by atoms with Gasteiger partial charge in [-0.1, -0.05) is 0 Å². The van der Waals surface area contributed by atoms with Crippen LogP contribution in [0.25, 0.3) is 0 Å².